The van der Waals surface area contributed by atoms with Gasteiger partial charge in [0.15, 0.2) is 17.5 Å². The molecule has 26 heavy (non-hydrogen) atoms. The molecule has 0 fully saturated rings. The second kappa shape index (κ2) is 8.77. The molecule has 2 rings (SSSR count). The zero-order chi connectivity index (χ0) is 19.3. The van der Waals surface area contributed by atoms with Crippen molar-refractivity contribution in [2.75, 3.05) is 23.7 Å². The first-order valence-corrected chi connectivity index (χ1v) is 7.92. The first-order chi connectivity index (χ1) is 12.3. The van der Waals surface area contributed by atoms with Gasteiger partial charge in [-0.25, -0.2) is 13.2 Å². The lowest BCUT2D eigenvalue weighted by molar-refractivity contribution is -0.122. The first kappa shape index (κ1) is 19.9. The maximum atomic E-state index is 13.4. The van der Waals surface area contributed by atoms with E-state index >= 15 is 0 Å². The Bertz CT molecular complexity index is 850. The zero-order valence-corrected chi connectivity index (χ0v) is 14.5. The Balaban J connectivity index is 1.80. The van der Waals surface area contributed by atoms with Crippen molar-refractivity contribution in [3.8, 4) is 0 Å². The number of halogens is 5. The Kier molecular flexibility index (Phi) is 6.70. The SMILES string of the molecule is O=C(CNc1ccc(Cl)c(Cl)c1)NCC(=O)Nc1ccc(F)c(F)c1F. The van der Waals surface area contributed by atoms with E-state index in [1.54, 1.807) is 12.1 Å². The minimum absolute atomic E-state index is 0.162. The van der Waals surface area contributed by atoms with Gasteiger partial charge in [-0.05, 0) is 30.3 Å². The molecule has 0 aliphatic carbocycles. The number of carbonyl (C=O) groups is 2. The molecule has 0 aliphatic heterocycles. The van der Waals surface area contributed by atoms with Crippen LogP contribution in [0.4, 0.5) is 24.5 Å². The predicted molar refractivity (Wildman–Crippen MR) is 92.9 cm³/mol. The molecule has 5 nitrogen and oxygen atoms in total. The van der Waals surface area contributed by atoms with Crippen molar-refractivity contribution in [2.24, 2.45) is 0 Å². The largest absolute Gasteiger partial charge is 0.376 e. The summed E-state index contributed by atoms with van der Waals surface area (Å²) in [7, 11) is 0. The smallest absolute Gasteiger partial charge is 0.243 e. The highest BCUT2D eigenvalue weighted by molar-refractivity contribution is 6.42. The van der Waals surface area contributed by atoms with Crippen LogP contribution in [0, 0.1) is 17.5 Å². The Morgan fingerprint density at radius 1 is 0.885 bits per heavy atom. The van der Waals surface area contributed by atoms with E-state index in [-0.39, 0.29) is 6.54 Å². The lowest BCUT2D eigenvalue weighted by Gasteiger charge is -2.10. The topological polar surface area (TPSA) is 70.2 Å². The summed E-state index contributed by atoms with van der Waals surface area (Å²) in [6.45, 7) is -0.648. The van der Waals surface area contributed by atoms with E-state index in [1.807, 2.05) is 5.32 Å². The van der Waals surface area contributed by atoms with Crippen LogP contribution in [-0.2, 0) is 9.59 Å². The highest BCUT2D eigenvalue weighted by Crippen LogP contribution is 2.24. The normalized spacial score (nSPS) is 10.3. The quantitative estimate of drug-likeness (QED) is 0.643. The van der Waals surface area contributed by atoms with E-state index in [2.05, 4.69) is 10.6 Å². The maximum absolute atomic E-state index is 13.4. The van der Waals surface area contributed by atoms with Gasteiger partial charge in [-0.2, -0.15) is 0 Å². The molecule has 0 aliphatic rings. The molecule has 2 aromatic carbocycles. The van der Waals surface area contributed by atoms with E-state index in [1.165, 1.54) is 6.07 Å². The van der Waals surface area contributed by atoms with Gasteiger partial charge in [0.2, 0.25) is 11.8 Å². The number of nitrogens with one attached hydrogen (secondary N) is 3. The average Bonchev–Trinajstić information content (AvgIpc) is 2.61. The predicted octanol–water partition coefficient (Wildman–Crippen LogP) is 3.58. The molecule has 2 amide bonds. The second-order valence-corrected chi connectivity index (χ2v) is 5.84. The van der Waals surface area contributed by atoms with Gasteiger partial charge in [0, 0.05) is 5.69 Å². The molecule has 0 unspecified atom stereocenters. The van der Waals surface area contributed by atoms with Gasteiger partial charge in [-0.1, -0.05) is 23.2 Å². The molecule has 0 aromatic heterocycles. The molecule has 0 heterocycles. The minimum atomic E-state index is -1.70. The molecule has 0 spiro atoms. The summed E-state index contributed by atoms with van der Waals surface area (Å²) in [5, 5.41) is 7.76. The summed E-state index contributed by atoms with van der Waals surface area (Å²) in [4.78, 5) is 23.4. The van der Waals surface area contributed by atoms with Gasteiger partial charge in [0.25, 0.3) is 0 Å². The standard InChI is InChI=1S/C16H12Cl2F3N3O2/c17-9-2-1-8(5-10(9)18)22-6-13(25)23-7-14(26)24-12-4-3-11(19)15(20)16(12)21/h1-5,22H,6-7H2,(H,23,25)(H,24,26). The van der Waals surface area contributed by atoms with Gasteiger partial charge < -0.3 is 16.0 Å². The molecular formula is C16H12Cl2F3N3O2. The number of hydrogen-bond acceptors (Lipinski definition) is 3. The van der Waals surface area contributed by atoms with Crippen molar-refractivity contribution in [1.82, 2.24) is 5.32 Å². The number of benzene rings is 2. The molecule has 0 saturated carbocycles. The maximum Gasteiger partial charge on any atom is 0.243 e. The third-order valence-corrected chi connectivity index (χ3v) is 3.87. The van der Waals surface area contributed by atoms with Gasteiger partial charge in [0.1, 0.15) is 0 Å². The fourth-order valence-corrected chi connectivity index (χ4v) is 2.14. The van der Waals surface area contributed by atoms with Gasteiger partial charge >= 0.3 is 0 Å². The van der Waals surface area contributed by atoms with Crippen molar-refractivity contribution in [3.63, 3.8) is 0 Å². The second-order valence-electron chi connectivity index (χ2n) is 5.03. The Hall–Kier alpha value is -2.45. The van der Waals surface area contributed by atoms with Crippen LogP contribution in [0.5, 0.6) is 0 Å². The molecule has 0 radical (unpaired) electrons. The van der Waals surface area contributed by atoms with E-state index in [9.17, 15) is 22.8 Å². The van der Waals surface area contributed by atoms with Crippen molar-refractivity contribution in [1.29, 1.82) is 0 Å². The molecule has 3 N–H and O–H groups in total. The summed E-state index contributed by atoms with van der Waals surface area (Å²) in [5.74, 6) is -5.93. The van der Waals surface area contributed by atoms with Crippen LogP contribution in [0.2, 0.25) is 10.0 Å². The van der Waals surface area contributed by atoms with Crippen LogP contribution < -0.4 is 16.0 Å². The Labute approximate surface area is 156 Å². The van der Waals surface area contributed by atoms with E-state index in [4.69, 9.17) is 23.2 Å². The Morgan fingerprint density at radius 2 is 1.62 bits per heavy atom. The summed E-state index contributed by atoms with van der Waals surface area (Å²) >= 11 is 11.6. The number of carbonyl (C=O) groups excluding carboxylic acids is 2. The third-order valence-electron chi connectivity index (χ3n) is 3.13. The Morgan fingerprint density at radius 3 is 2.31 bits per heavy atom. The lowest BCUT2D eigenvalue weighted by atomic mass is 10.2. The van der Waals surface area contributed by atoms with Crippen molar-refractivity contribution in [2.45, 2.75) is 0 Å². The van der Waals surface area contributed by atoms with Crippen LogP contribution >= 0.6 is 23.2 Å². The van der Waals surface area contributed by atoms with Gasteiger partial charge in [0.05, 0.1) is 28.8 Å². The van der Waals surface area contributed by atoms with Crippen LogP contribution in [-0.4, -0.2) is 24.9 Å². The number of anilines is 2. The van der Waals surface area contributed by atoms with E-state index in [0.717, 1.165) is 6.07 Å². The summed E-state index contributed by atoms with van der Waals surface area (Å²) in [5.41, 5.74) is 0.0138. The average molecular weight is 406 g/mol. The molecule has 0 saturated heterocycles. The van der Waals surface area contributed by atoms with Crippen molar-refractivity contribution in [3.05, 3.63) is 57.8 Å². The van der Waals surface area contributed by atoms with Crippen molar-refractivity contribution < 1.29 is 22.8 Å². The molecule has 138 valence electrons. The van der Waals surface area contributed by atoms with Gasteiger partial charge in [-0.3, -0.25) is 9.59 Å². The monoisotopic (exact) mass is 405 g/mol. The summed E-state index contributed by atoms with van der Waals surface area (Å²) in [6, 6.07) is 6.23. The molecule has 10 heteroatoms. The number of amides is 2. The highest BCUT2D eigenvalue weighted by atomic mass is 35.5. The van der Waals surface area contributed by atoms with E-state index < -0.39 is 41.5 Å². The highest BCUT2D eigenvalue weighted by Gasteiger charge is 2.15. The zero-order valence-electron chi connectivity index (χ0n) is 13.0. The fraction of sp³-hybridized carbons (Fsp3) is 0.125. The van der Waals surface area contributed by atoms with Gasteiger partial charge in [-0.15, -0.1) is 0 Å². The molecular weight excluding hydrogens is 394 g/mol. The summed E-state index contributed by atoms with van der Waals surface area (Å²) in [6.07, 6.45) is 0. The third kappa shape index (κ3) is 5.27. The fourth-order valence-electron chi connectivity index (χ4n) is 1.85. The summed E-state index contributed by atoms with van der Waals surface area (Å²) < 4.78 is 39.3. The van der Waals surface area contributed by atoms with Crippen LogP contribution in [0.1, 0.15) is 0 Å². The lowest BCUT2D eigenvalue weighted by Crippen LogP contribution is -2.36. The van der Waals surface area contributed by atoms with E-state index in [0.29, 0.717) is 21.8 Å². The molecule has 2 aromatic rings. The van der Waals surface area contributed by atoms with Crippen LogP contribution in [0.25, 0.3) is 0 Å². The van der Waals surface area contributed by atoms with Crippen LogP contribution in [0.15, 0.2) is 30.3 Å². The first-order valence-electron chi connectivity index (χ1n) is 7.17. The molecule has 0 bridgehead atoms. The number of rotatable bonds is 6. The van der Waals surface area contributed by atoms with Crippen molar-refractivity contribution >= 4 is 46.4 Å². The van der Waals surface area contributed by atoms with Crippen LogP contribution in [0.3, 0.4) is 0 Å². The number of hydrogen-bond donors (Lipinski definition) is 3. The molecule has 0 atom stereocenters. The minimum Gasteiger partial charge on any atom is -0.376 e.